The molecule has 0 saturated heterocycles. The Balaban J connectivity index is 2.13. The lowest BCUT2D eigenvalue weighted by atomic mass is 10.2. The van der Waals surface area contributed by atoms with Crippen LogP contribution in [-0.4, -0.2) is 16.1 Å². The Bertz CT molecular complexity index is 386. The third-order valence-corrected chi connectivity index (χ3v) is 4.13. The van der Waals surface area contributed by atoms with Crippen molar-refractivity contribution in [1.29, 1.82) is 0 Å². The van der Waals surface area contributed by atoms with Gasteiger partial charge in [-0.25, -0.2) is 4.98 Å². The predicted octanol–water partition coefficient (Wildman–Crippen LogP) is 2.59. The van der Waals surface area contributed by atoms with Crippen molar-refractivity contribution in [2.45, 2.75) is 39.0 Å². The van der Waals surface area contributed by atoms with E-state index in [1.807, 2.05) is 6.92 Å². The van der Waals surface area contributed by atoms with Gasteiger partial charge in [-0.2, -0.15) is 0 Å². The van der Waals surface area contributed by atoms with Gasteiger partial charge in [-0.3, -0.25) is 4.79 Å². The summed E-state index contributed by atoms with van der Waals surface area (Å²) in [6.45, 7) is 4.12. The van der Waals surface area contributed by atoms with Gasteiger partial charge in [-0.1, -0.05) is 6.92 Å². The molecule has 0 bridgehead atoms. The number of nitrogens with zero attached hydrogens (tertiary/aromatic N) is 1. The van der Waals surface area contributed by atoms with E-state index >= 15 is 0 Å². The maximum atomic E-state index is 10.8. The van der Waals surface area contributed by atoms with Gasteiger partial charge >= 0.3 is 5.97 Å². The van der Waals surface area contributed by atoms with Crippen LogP contribution in [0.3, 0.4) is 0 Å². The van der Waals surface area contributed by atoms with Crippen molar-refractivity contribution in [1.82, 2.24) is 4.98 Å². The van der Waals surface area contributed by atoms with Gasteiger partial charge in [0.2, 0.25) is 0 Å². The van der Waals surface area contributed by atoms with Gasteiger partial charge in [0.05, 0.1) is 16.6 Å². The lowest BCUT2D eigenvalue weighted by Crippen LogP contribution is -1.98. The number of carboxylic acids is 1. The molecule has 0 aromatic carbocycles. The summed E-state index contributed by atoms with van der Waals surface area (Å²) in [6, 6.07) is 0. The Morgan fingerprint density at radius 1 is 1.67 bits per heavy atom. The summed E-state index contributed by atoms with van der Waals surface area (Å²) < 4.78 is 0. The SMILES string of the molecule is CCCc1nc(C)c(C2CC2C(=O)O)s1. The normalized spacial score (nSPS) is 24.1. The molecule has 1 aromatic heterocycles. The summed E-state index contributed by atoms with van der Waals surface area (Å²) in [5.74, 6) is -0.575. The Morgan fingerprint density at radius 3 is 2.93 bits per heavy atom. The van der Waals surface area contributed by atoms with Crippen LogP contribution in [0.1, 0.15) is 41.3 Å². The number of rotatable bonds is 4. The molecule has 82 valence electrons. The first-order valence-electron chi connectivity index (χ1n) is 5.32. The standard InChI is InChI=1S/C11H15NO2S/c1-3-4-9-12-6(2)10(15-9)7-5-8(7)11(13)14/h7-8H,3-5H2,1-2H3,(H,13,14). The van der Waals surface area contributed by atoms with Gasteiger partial charge in [0, 0.05) is 10.8 Å². The maximum Gasteiger partial charge on any atom is 0.307 e. The van der Waals surface area contributed by atoms with Crippen molar-refractivity contribution in [2.24, 2.45) is 5.92 Å². The van der Waals surface area contributed by atoms with Gasteiger partial charge in [-0.05, 0) is 26.2 Å². The number of carbonyl (C=O) groups is 1. The smallest absolute Gasteiger partial charge is 0.307 e. The largest absolute Gasteiger partial charge is 0.481 e. The molecule has 1 aliphatic carbocycles. The maximum absolute atomic E-state index is 10.8. The summed E-state index contributed by atoms with van der Waals surface area (Å²) in [6.07, 6.45) is 2.90. The highest BCUT2D eigenvalue weighted by atomic mass is 32.1. The first-order valence-corrected chi connectivity index (χ1v) is 6.14. The Kier molecular flexibility index (Phi) is 2.78. The van der Waals surface area contributed by atoms with Crippen LogP contribution in [0.4, 0.5) is 0 Å². The fourth-order valence-electron chi connectivity index (χ4n) is 1.89. The van der Waals surface area contributed by atoms with Crippen LogP contribution >= 0.6 is 11.3 Å². The molecular weight excluding hydrogens is 210 g/mol. The van der Waals surface area contributed by atoms with Crippen LogP contribution in [0.15, 0.2) is 0 Å². The monoisotopic (exact) mass is 225 g/mol. The van der Waals surface area contributed by atoms with E-state index in [4.69, 9.17) is 5.11 Å². The molecule has 0 amide bonds. The average Bonchev–Trinajstić information content (AvgIpc) is 2.87. The van der Waals surface area contributed by atoms with E-state index in [2.05, 4.69) is 11.9 Å². The van der Waals surface area contributed by atoms with E-state index in [1.54, 1.807) is 11.3 Å². The van der Waals surface area contributed by atoms with Gasteiger partial charge in [0.25, 0.3) is 0 Å². The highest BCUT2D eigenvalue weighted by Crippen LogP contribution is 2.50. The first kappa shape index (κ1) is 10.6. The van der Waals surface area contributed by atoms with Crippen molar-refractivity contribution >= 4 is 17.3 Å². The van der Waals surface area contributed by atoms with Crippen molar-refractivity contribution < 1.29 is 9.90 Å². The molecule has 1 aromatic rings. The Labute approximate surface area is 93.2 Å². The molecule has 0 radical (unpaired) electrons. The molecule has 0 aliphatic heterocycles. The van der Waals surface area contributed by atoms with Crippen LogP contribution in [0.5, 0.6) is 0 Å². The molecule has 2 unspecified atom stereocenters. The summed E-state index contributed by atoms with van der Waals surface area (Å²) >= 11 is 1.70. The fourth-order valence-corrected chi connectivity index (χ4v) is 3.24. The highest BCUT2D eigenvalue weighted by molar-refractivity contribution is 7.11. The molecule has 1 fully saturated rings. The van der Waals surface area contributed by atoms with Crippen LogP contribution < -0.4 is 0 Å². The number of aryl methyl sites for hydroxylation is 2. The zero-order chi connectivity index (χ0) is 11.0. The Morgan fingerprint density at radius 2 is 2.40 bits per heavy atom. The second kappa shape index (κ2) is 3.93. The number of aromatic nitrogens is 1. The van der Waals surface area contributed by atoms with Crippen molar-refractivity contribution in [3.05, 3.63) is 15.6 Å². The number of hydrogen-bond donors (Lipinski definition) is 1. The minimum Gasteiger partial charge on any atom is -0.481 e. The Hall–Kier alpha value is -0.900. The lowest BCUT2D eigenvalue weighted by molar-refractivity contribution is -0.138. The second-order valence-electron chi connectivity index (χ2n) is 4.09. The summed E-state index contributed by atoms with van der Waals surface area (Å²) in [5, 5.41) is 10.0. The van der Waals surface area contributed by atoms with E-state index < -0.39 is 5.97 Å². The van der Waals surface area contributed by atoms with Gasteiger partial charge in [0.1, 0.15) is 0 Å². The lowest BCUT2D eigenvalue weighted by Gasteiger charge is -1.92. The van der Waals surface area contributed by atoms with Gasteiger partial charge in [-0.15, -0.1) is 11.3 Å². The van der Waals surface area contributed by atoms with E-state index in [1.165, 1.54) is 4.88 Å². The van der Waals surface area contributed by atoms with E-state index in [0.29, 0.717) is 0 Å². The van der Waals surface area contributed by atoms with E-state index in [0.717, 1.165) is 30.0 Å². The highest BCUT2D eigenvalue weighted by Gasteiger charge is 2.46. The number of hydrogen-bond acceptors (Lipinski definition) is 3. The molecule has 1 aliphatic rings. The quantitative estimate of drug-likeness (QED) is 0.856. The van der Waals surface area contributed by atoms with Crippen LogP contribution in [0, 0.1) is 12.8 Å². The van der Waals surface area contributed by atoms with Crippen molar-refractivity contribution in [3.8, 4) is 0 Å². The molecule has 1 N–H and O–H groups in total. The van der Waals surface area contributed by atoms with Crippen LogP contribution in [0.25, 0.3) is 0 Å². The summed E-state index contributed by atoms with van der Waals surface area (Å²) in [5.41, 5.74) is 1.04. The first-order chi connectivity index (χ1) is 7.13. The number of carboxylic acid groups (broad SMARTS) is 1. The van der Waals surface area contributed by atoms with E-state index in [9.17, 15) is 4.79 Å². The van der Waals surface area contributed by atoms with Crippen LogP contribution in [0.2, 0.25) is 0 Å². The molecule has 1 heterocycles. The molecule has 4 heteroatoms. The predicted molar refractivity (Wildman–Crippen MR) is 59.3 cm³/mol. The third-order valence-electron chi connectivity index (χ3n) is 2.79. The molecule has 2 rings (SSSR count). The van der Waals surface area contributed by atoms with Crippen LogP contribution in [-0.2, 0) is 11.2 Å². The van der Waals surface area contributed by atoms with Crippen molar-refractivity contribution in [3.63, 3.8) is 0 Å². The van der Waals surface area contributed by atoms with E-state index in [-0.39, 0.29) is 11.8 Å². The number of aliphatic carboxylic acids is 1. The molecule has 3 nitrogen and oxygen atoms in total. The minimum atomic E-state index is -0.662. The summed E-state index contributed by atoms with van der Waals surface area (Å²) in [7, 11) is 0. The third kappa shape index (κ3) is 2.04. The fraction of sp³-hybridized carbons (Fsp3) is 0.636. The molecule has 0 spiro atoms. The van der Waals surface area contributed by atoms with Gasteiger partial charge < -0.3 is 5.11 Å². The average molecular weight is 225 g/mol. The topological polar surface area (TPSA) is 50.2 Å². The molecule has 2 atom stereocenters. The molecule has 15 heavy (non-hydrogen) atoms. The molecular formula is C11H15NO2S. The molecule has 1 saturated carbocycles. The minimum absolute atomic E-state index is 0.154. The number of thiazole rings is 1. The second-order valence-corrected chi connectivity index (χ2v) is 5.21. The van der Waals surface area contributed by atoms with Gasteiger partial charge in [0.15, 0.2) is 0 Å². The summed E-state index contributed by atoms with van der Waals surface area (Å²) in [4.78, 5) is 16.5. The zero-order valence-corrected chi connectivity index (χ0v) is 9.80. The zero-order valence-electron chi connectivity index (χ0n) is 8.99. The van der Waals surface area contributed by atoms with Crippen molar-refractivity contribution in [2.75, 3.05) is 0 Å².